The van der Waals surface area contributed by atoms with E-state index in [2.05, 4.69) is 42.1 Å². The van der Waals surface area contributed by atoms with Gasteiger partial charge in [-0.05, 0) is 73.8 Å². The smallest absolute Gasteiger partial charge is 0.291 e. The average molecular weight is 555 g/mol. The maximum absolute atomic E-state index is 13.4. The molecule has 10 heteroatoms. The van der Waals surface area contributed by atoms with Gasteiger partial charge in [-0.15, -0.1) is 0 Å². The summed E-state index contributed by atoms with van der Waals surface area (Å²) in [5, 5.41) is 12.4. The Morgan fingerprint density at radius 3 is 2.66 bits per heavy atom. The Labute approximate surface area is 227 Å². The molecule has 0 spiro atoms. The Morgan fingerprint density at radius 1 is 1.24 bits per heavy atom. The number of nitrogens with zero attached hydrogens (tertiary/aromatic N) is 3. The molecule has 1 aromatic carbocycles. The van der Waals surface area contributed by atoms with E-state index in [0.717, 1.165) is 42.9 Å². The maximum atomic E-state index is 13.4. The van der Waals surface area contributed by atoms with E-state index in [1.807, 2.05) is 18.2 Å². The van der Waals surface area contributed by atoms with Crippen molar-refractivity contribution in [2.24, 2.45) is 0 Å². The van der Waals surface area contributed by atoms with Crippen molar-refractivity contribution in [3.63, 3.8) is 0 Å². The third-order valence-corrected chi connectivity index (χ3v) is 10.7. The Morgan fingerprint density at radius 2 is 2.00 bits per heavy atom. The number of aromatic nitrogens is 2. The molecule has 1 fully saturated rings. The first-order chi connectivity index (χ1) is 18.0. The Kier molecular flexibility index (Phi) is 8.91. The number of sulfone groups is 1. The van der Waals surface area contributed by atoms with Crippen LogP contribution in [0.2, 0.25) is 25.7 Å². The largest absolute Gasteiger partial charge is 0.361 e. The highest BCUT2D eigenvalue weighted by molar-refractivity contribution is 7.91. The zero-order valence-electron chi connectivity index (χ0n) is 22.6. The minimum atomic E-state index is -2.94. The van der Waals surface area contributed by atoms with Gasteiger partial charge in [-0.1, -0.05) is 31.8 Å². The number of anilines is 1. The summed E-state index contributed by atoms with van der Waals surface area (Å²) in [5.41, 5.74) is 4.16. The standard InChI is InChI=1S/C28H38N4O4SSi/c1-38(2,3)16-13-36-20-32-19-24(18-29)30-27(32)28(33)31-26-10-9-23(21-11-14-37(34,35)15-12-21)17-25(26)22-7-5-4-6-8-22/h7,9-10,17,19,21H,4-6,8,11-16,20H2,1-3H3,(H,31,33). The van der Waals surface area contributed by atoms with Gasteiger partial charge in [0.1, 0.15) is 22.6 Å². The second kappa shape index (κ2) is 12.0. The first kappa shape index (κ1) is 28.3. The van der Waals surface area contributed by atoms with Crippen LogP contribution >= 0.6 is 0 Å². The molecule has 0 bridgehead atoms. The normalized spacial score (nSPS) is 18.0. The summed E-state index contributed by atoms with van der Waals surface area (Å²) in [6.45, 7) is 7.59. The van der Waals surface area contributed by atoms with E-state index in [1.54, 1.807) is 10.8 Å². The zero-order chi connectivity index (χ0) is 27.3. The third kappa shape index (κ3) is 7.43. The first-order valence-electron chi connectivity index (χ1n) is 13.4. The average Bonchev–Trinajstić information content (AvgIpc) is 3.30. The minimum Gasteiger partial charge on any atom is -0.361 e. The maximum Gasteiger partial charge on any atom is 0.291 e. The molecule has 0 radical (unpaired) electrons. The molecular weight excluding hydrogens is 516 g/mol. The summed E-state index contributed by atoms with van der Waals surface area (Å²) < 4.78 is 31.3. The van der Waals surface area contributed by atoms with Gasteiger partial charge in [-0.25, -0.2) is 13.4 Å². The van der Waals surface area contributed by atoms with Gasteiger partial charge in [0.25, 0.3) is 5.91 Å². The molecule has 0 unspecified atom stereocenters. The number of imidazole rings is 1. The van der Waals surface area contributed by atoms with E-state index in [9.17, 15) is 18.5 Å². The van der Waals surface area contributed by atoms with Gasteiger partial charge in [0.05, 0.1) is 11.5 Å². The fraction of sp³-hybridized carbons (Fsp3) is 0.536. The predicted molar refractivity (Wildman–Crippen MR) is 153 cm³/mol. The number of benzene rings is 1. The molecule has 204 valence electrons. The van der Waals surface area contributed by atoms with Crippen LogP contribution in [-0.4, -0.2) is 50.1 Å². The molecule has 2 heterocycles. The van der Waals surface area contributed by atoms with E-state index < -0.39 is 23.8 Å². The highest BCUT2D eigenvalue weighted by Gasteiger charge is 2.26. The monoisotopic (exact) mass is 554 g/mol. The molecular formula is C28H38N4O4SSi. The molecule has 2 aromatic rings. The van der Waals surface area contributed by atoms with Crippen LogP contribution in [0.15, 0.2) is 30.5 Å². The predicted octanol–water partition coefficient (Wildman–Crippen LogP) is 5.57. The fourth-order valence-corrected chi connectivity index (χ4v) is 7.21. The van der Waals surface area contributed by atoms with Crippen LogP contribution in [0.5, 0.6) is 0 Å². The fourth-order valence-electron chi connectivity index (χ4n) is 4.97. The molecule has 2 aliphatic rings. The number of carbonyl (C=O) groups is 1. The van der Waals surface area contributed by atoms with Gasteiger partial charge >= 0.3 is 0 Å². The molecule has 1 aromatic heterocycles. The Bertz CT molecular complexity index is 1340. The Balaban J connectivity index is 1.56. The van der Waals surface area contributed by atoms with Crippen LogP contribution in [0.25, 0.3) is 5.57 Å². The summed E-state index contributed by atoms with van der Waals surface area (Å²) in [5.74, 6) is 0.377. The number of hydrogen-bond donors (Lipinski definition) is 1. The van der Waals surface area contributed by atoms with Crippen LogP contribution in [-0.2, 0) is 21.3 Å². The third-order valence-electron chi connectivity index (χ3n) is 7.28. The number of hydrogen-bond acceptors (Lipinski definition) is 6. The quantitative estimate of drug-likeness (QED) is 0.320. The van der Waals surface area contributed by atoms with Crippen molar-refractivity contribution >= 4 is 35.1 Å². The summed E-state index contributed by atoms with van der Waals surface area (Å²) in [6, 6.07) is 9.07. The highest BCUT2D eigenvalue weighted by Crippen LogP contribution is 2.37. The van der Waals surface area contributed by atoms with E-state index in [-0.39, 0.29) is 35.7 Å². The number of amides is 1. The molecule has 1 aliphatic carbocycles. The van der Waals surface area contributed by atoms with Crippen molar-refractivity contribution in [1.29, 1.82) is 5.26 Å². The van der Waals surface area contributed by atoms with E-state index in [1.165, 1.54) is 5.57 Å². The number of carbonyl (C=O) groups excluding carboxylic acids is 1. The second-order valence-electron chi connectivity index (χ2n) is 11.5. The number of ether oxygens (including phenoxy) is 1. The van der Waals surface area contributed by atoms with E-state index in [4.69, 9.17) is 4.74 Å². The molecule has 4 rings (SSSR count). The lowest BCUT2D eigenvalue weighted by Crippen LogP contribution is -2.23. The van der Waals surface area contributed by atoms with Crippen molar-refractivity contribution in [2.45, 2.75) is 76.9 Å². The molecule has 0 saturated carbocycles. The first-order valence-corrected chi connectivity index (χ1v) is 19.0. The second-order valence-corrected chi connectivity index (χ2v) is 19.5. The number of nitrogens with one attached hydrogen (secondary N) is 1. The summed E-state index contributed by atoms with van der Waals surface area (Å²) in [4.78, 5) is 17.7. The Hall–Kier alpha value is -2.74. The zero-order valence-corrected chi connectivity index (χ0v) is 24.4. The summed E-state index contributed by atoms with van der Waals surface area (Å²) in [6.07, 6.45) is 9.21. The van der Waals surface area contributed by atoms with Gasteiger partial charge in [0.2, 0.25) is 5.82 Å². The van der Waals surface area contributed by atoms with Gasteiger partial charge < -0.3 is 14.6 Å². The summed E-state index contributed by atoms with van der Waals surface area (Å²) >= 11 is 0. The van der Waals surface area contributed by atoms with E-state index in [0.29, 0.717) is 25.1 Å². The number of allylic oxidation sites excluding steroid dienone is 2. The lowest BCUT2D eigenvalue weighted by atomic mass is 9.87. The molecule has 8 nitrogen and oxygen atoms in total. The lowest BCUT2D eigenvalue weighted by molar-refractivity contribution is 0.0808. The molecule has 1 N–H and O–H groups in total. The van der Waals surface area contributed by atoms with Crippen molar-refractivity contribution in [2.75, 3.05) is 23.4 Å². The van der Waals surface area contributed by atoms with Gasteiger partial charge in [0, 0.05) is 32.1 Å². The lowest BCUT2D eigenvalue weighted by Gasteiger charge is -2.24. The number of rotatable bonds is 9. The van der Waals surface area contributed by atoms with Gasteiger partial charge in [-0.2, -0.15) is 5.26 Å². The number of nitriles is 1. The van der Waals surface area contributed by atoms with Crippen molar-refractivity contribution in [3.05, 3.63) is 53.1 Å². The van der Waals surface area contributed by atoms with Crippen LogP contribution in [0.1, 0.15) is 71.9 Å². The minimum absolute atomic E-state index is 0.139. The van der Waals surface area contributed by atoms with Gasteiger partial charge in [-0.3, -0.25) is 4.79 Å². The van der Waals surface area contributed by atoms with Crippen LogP contribution < -0.4 is 5.32 Å². The summed E-state index contributed by atoms with van der Waals surface area (Å²) in [7, 11) is -4.19. The van der Waals surface area contributed by atoms with Crippen molar-refractivity contribution in [1.82, 2.24) is 9.55 Å². The molecule has 1 amide bonds. The van der Waals surface area contributed by atoms with Crippen LogP contribution in [0.4, 0.5) is 5.69 Å². The molecule has 38 heavy (non-hydrogen) atoms. The van der Waals surface area contributed by atoms with Crippen LogP contribution in [0, 0.1) is 11.3 Å². The molecule has 1 saturated heterocycles. The van der Waals surface area contributed by atoms with Crippen LogP contribution in [0.3, 0.4) is 0 Å². The highest BCUT2D eigenvalue weighted by atomic mass is 32.2. The topological polar surface area (TPSA) is 114 Å². The SMILES string of the molecule is C[Si](C)(C)CCOCn1cc(C#N)nc1C(=O)Nc1ccc(C2CCS(=O)(=O)CC2)cc1C1=CCCCC1. The molecule has 1 aliphatic heterocycles. The molecule has 0 atom stereocenters. The van der Waals surface area contributed by atoms with Crippen molar-refractivity contribution in [3.8, 4) is 6.07 Å². The van der Waals surface area contributed by atoms with E-state index >= 15 is 0 Å². The van der Waals surface area contributed by atoms with Gasteiger partial charge in [0.15, 0.2) is 5.69 Å². The van der Waals surface area contributed by atoms with Crippen molar-refractivity contribution < 1.29 is 17.9 Å².